The van der Waals surface area contributed by atoms with E-state index in [1.54, 1.807) is 91.8 Å². The average Bonchev–Trinajstić information content (AvgIpc) is 0.722. The van der Waals surface area contributed by atoms with Gasteiger partial charge >= 0.3 is 23.9 Å². The lowest BCUT2D eigenvalue weighted by atomic mass is 9.54. The van der Waals surface area contributed by atoms with Crippen molar-refractivity contribution in [3.63, 3.8) is 0 Å². The summed E-state index contributed by atoms with van der Waals surface area (Å²) >= 11 is 0. The lowest BCUT2D eigenvalue weighted by Crippen LogP contribution is -2.49. The number of carbonyl (C=O) groups excluding carboxylic acids is 8. The molecule has 6 aliphatic carbocycles. The highest BCUT2D eigenvalue weighted by Crippen LogP contribution is 2.62. The fourth-order valence-electron chi connectivity index (χ4n) is 15.8. The van der Waals surface area contributed by atoms with Crippen LogP contribution in [-0.2, 0) is 38.1 Å². The van der Waals surface area contributed by atoms with Crippen LogP contribution in [0.3, 0.4) is 0 Å². The number of carbonyl (C=O) groups is 8. The minimum Gasteiger partial charge on any atom is -0.463 e. The number of anilines is 2. The molecule has 4 bridgehead atoms. The Hall–Kier alpha value is -9.56. The molecule has 9 aromatic rings. The lowest BCUT2D eigenvalue weighted by molar-refractivity contribution is -0.167. The maximum Gasteiger partial charge on any atom is 0.311 e. The van der Waals surface area contributed by atoms with Crippen LogP contribution < -0.4 is 9.80 Å². The third kappa shape index (κ3) is 7.30. The summed E-state index contributed by atoms with van der Waals surface area (Å²) in [5.41, 5.74) is 8.48. The van der Waals surface area contributed by atoms with Crippen molar-refractivity contribution >= 4 is 102 Å². The van der Waals surface area contributed by atoms with Crippen LogP contribution in [0.25, 0.3) is 43.1 Å². The number of esters is 4. The van der Waals surface area contributed by atoms with Gasteiger partial charge in [-0.05, 0) is 181 Å². The summed E-state index contributed by atoms with van der Waals surface area (Å²) in [7, 11) is 0. The predicted octanol–water partition coefficient (Wildman–Crippen LogP) is 12.8. The topological polar surface area (TPSA) is 180 Å². The first-order valence-corrected chi connectivity index (χ1v) is 29.6. The Balaban J connectivity index is 0.808. The van der Waals surface area contributed by atoms with Crippen molar-refractivity contribution in [3.05, 3.63) is 200 Å². The van der Waals surface area contributed by atoms with Gasteiger partial charge < -0.3 is 18.9 Å². The van der Waals surface area contributed by atoms with Crippen LogP contribution in [0.5, 0.6) is 0 Å². The molecule has 0 aromatic heterocycles. The summed E-state index contributed by atoms with van der Waals surface area (Å²) in [6.07, 6.45) is -1.76. The maximum absolute atomic E-state index is 15.2. The van der Waals surface area contributed by atoms with E-state index in [4.69, 9.17) is 18.9 Å². The van der Waals surface area contributed by atoms with Gasteiger partial charge in [-0.25, -0.2) is 9.80 Å². The van der Waals surface area contributed by atoms with E-state index >= 15 is 19.2 Å². The van der Waals surface area contributed by atoms with Gasteiger partial charge in [0, 0.05) is 56.7 Å². The fraction of sp³-hybridized carbons (Fsp3) is 0.278. The molecule has 8 aliphatic rings. The molecule has 0 N–H and O–H groups in total. The minimum absolute atomic E-state index is 0.311. The predicted molar refractivity (Wildman–Crippen MR) is 322 cm³/mol. The molecule has 14 heteroatoms. The zero-order chi connectivity index (χ0) is 59.8. The first-order valence-electron chi connectivity index (χ1n) is 29.6. The number of fused-ring (bicyclic) bond motifs is 4. The summed E-state index contributed by atoms with van der Waals surface area (Å²) < 4.78 is 23.4. The highest BCUT2D eigenvalue weighted by molar-refractivity contribution is 6.45. The van der Waals surface area contributed by atoms with Gasteiger partial charge in [0.2, 0.25) is 0 Å². The Morgan fingerprint density at radius 1 is 0.314 bits per heavy atom. The number of hydrogen-bond acceptors (Lipinski definition) is 12. The third-order valence-electron chi connectivity index (χ3n) is 18.7. The van der Waals surface area contributed by atoms with Crippen LogP contribution in [0, 0.1) is 23.7 Å². The largest absolute Gasteiger partial charge is 0.463 e. The van der Waals surface area contributed by atoms with Crippen molar-refractivity contribution in [2.45, 2.75) is 103 Å². The minimum atomic E-state index is -0.944. The summed E-state index contributed by atoms with van der Waals surface area (Å²) in [5, 5.41) is 5.28. The maximum atomic E-state index is 15.2. The van der Waals surface area contributed by atoms with Gasteiger partial charge in [0.05, 0.1) is 59.5 Å². The Morgan fingerprint density at radius 3 is 0.814 bits per heavy atom. The number of benzene rings is 9. The van der Waals surface area contributed by atoms with E-state index in [0.29, 0.717) is 55.2 Å². The summed E-state index contributed by atoms with van der Waals surface area (Å²) in [6, 6.07) is 40.7. The number of hydrogen-bond donors (Lipinski definition) is 0. The molecule has 4 amide bonds. The molecule has 0 fully saturated rings. The first kappa shape index (κ1) is 53.2. The molecule has 4 unspecified atom stereocenters. The highest BCUT2D eigenvalue weighted by atomic mass is 16.6. The molecule has 14 nitrogen and oxygen atoms in total. The van der Waals surface area contributed by atoms with Crippen molar-refractivity contribution in [3.8, 4) is 0 Å². The Labute approximate surface area is 494 Å². The Bertz CT molecular complexity index is 4180. The zero-order valence-corrected chi connectivity index (χ0v) is 48.4. The van der Waals surface area contributed by atoms with Gasteiger partial charge in [0.25, 0.3) is 23.6 Å². The number of imide groups is 2. The highest BCUT2D eigenvalue weighted by Gasteiger charge is 2.59. The standard InChI is InChI=1S/C72H58N2O12/c1-31(2)83-69(79)61-55-37-13-9-11-15-39(37)57(63(61)71(81)85-33(5)6)51-29-35(17-19-45(51)55)73-65(75)47-25-21-41-43-23-27-49-60-50(28-24-44(54(43)60)42-22-26-48(66(73)76)59(47)53(41)42)68(78)74(67(49)77)36-18-20-46-52(30-36)58-40-16-12-10-14-38(40)56(46)62(70(80)84-32(3)4)64(58)72(82)86-34(7)8/h9-34,55-58,61-64H,1-8H3/t55?,56?,57?,58?,61-,62-,63-,64-/m0/s1. The molecule has 0 spiro atoms. The van der Waals surface area contributed by atoms with Crippen LogP contribution in [0.15, 0.2) is 133 Å². The van der Waals surface area contributed by atoms with Crippen LogP contribution in [0.1, 0.15) is 165 Å². The van der Waals surface area contributed by atoms with Gasteiger partial charge in [-0.3, -0.25) is 38.4 Å². The van der Waals surface area contributed by atoms with Crippen LogP contribution in [0.4, 0.5) is 11.4 Å². The molecular formula is C72H58N2O12. The number of nitrogens with zero attached hydrogens (tertiary/aromatic N) is 2. The smallest absolute Gasteiger partial charge is 0.311 e. The van der Waals surface area contributed by atoms with E-state index in [0.717, 1.165) is 66.1 Å². The van der Waals surface area contributed by atoms with Gasteiger partial charge in [-0.2, -0.15) is 0 Å². The average molecular weight is 1140 g/mol. The molecule has 2 aliphatic heterocycles. The van der Waals surface area contributed by atoms with E-state index in [1.807, 2.05) is 97.1 Å². The van der Waals surface area contributed by atoms with Gasteiger partial charge in [-0.1, -0.05) is 84.9 Å². The van der Waals surface area contributed by atoms with Crippen LogP contribution in [0.2, 0.25) is 0 Å². The van der Waals surface area contributed by atoms with Crippen LogP contribution >= 0.6 is 0 Å². The molecule has 17 rings (SSSR count). The van der Waals surface area contributed by atoms with E-state index in [-0.39, 0.29) is 0 Å². The van der Waals surface area contributed by atoms with E-state index in [2.05, 4.69) is 0 Å². The van der Waals surface area contributed by atoms with E-state index in [9.17, 15) is 19.2 Å². The van der Waals surface area contributed by atoms with Gasteiger partial charge in [0.15, 0.2) is 0 Å². The SMILES string of the molecule is CC(C)OC(=O)[C@H]1C2c3ccccc3C(c3cc(N4C(=O)c5ccc6c7ccc8c9c(ccc(c%10ccc(c5c6%10)C4=O)c97)C(=O)N(c4ccc5c(c4)C4c6ccccc6C5[C@H](C(=O)OC(C)C)[C@H]4C(=O)OC(C)C)C8=O)ccc32)[C@@H]1C(=O)OC(C)C. The number of amides is 4. The Kier molecular flexibility index (Phi) is 11.7. The van der Waals surface area contributed by atoms with Crippen molar-refractivity contribution < 1.29 is 57.3 Å². The molecular weight excluding hydrogens is 1080 g/mol. The summed E-state index contributed by atoms with van der Waals surface area (Å²) in [4.78, 5) is 120. The molecule has 2 heterocycles. The second-order valence-electron chi connectivity index (χ2n) is 24.9. The number of ether oxygens (including phenoxy) is 4. The van der Waals surface area contributed by atoms with Crippen molar-refractivity contribution in [2.24, 2.45) is 23.7 Å². The van der Waals surface area contributed by atoms with Crippen molar-refractivity contribution in [1.82, 2.24) is 0 Å². The fourth-order valence-corrected chi connectivity index (χ4v) is 15.8. The normalized spacial score (nSPS) is 22.1. The van der Waals surface area contributed by atoms with Gasteiger partial charge in [-0.15, -0.1) is 0 Å². The summed E-state index contributed by atoms with van der Waals surface area (Å²) in [5.74, 6) is -10.3. The molecule has 0 saturated heterocycles. The molecule has 0 radical (unpaired) electrons. The Morgan fingerprint density at radius 2 is 0.558 bits per heavy atom. The molecule has 86 heavy (non-hydrogen) atoms. The molecule has 0 saturated carbocycles. The second kappa shape index (κ2) is 19.0. The van der Waals surface area contributed by atoms with Gasteiger partial charge in [0.1, 0.15) is 0 Å². The summed E-state index contributed by atoms with van der Waals surface area (Å²) in [6.45, 7) is 14.2. The van der Waals surface area contributed by atoms with E-state index < -0.39 is 119 Å². The molecule has 428 valence electrons. The first-order chi connectivity index (χ1) is 41.3. The van der Waals surface area contributed by atoms with Crippen molar-refractivity contribution in [1.29, 1.82) is 0 Å². The second-order valence-corrected chi connectivity index (χ2v) is 24.9. The quantitative estimate of drug-likeness (QED) is 0.0416. The zero-order valence-electron chi connectivity index (χ0n) is 48.4. The third-order valence-corrected chi connectivity index (χ3v) is 18.7. The van der Waals surface area contributed by atoms with Crippen LogP contribution in [-0.4, -0.2) is 71.9 Å². The monoisotopic (exact) mass is 1140 g/mol. The molecule has 8 atom stereocenters. The van der Waals surface area contributed by atoms with E-state index in [1.165, 1.54) is 9.80 Å². The number of rotatable bonds is 10. The van der Waals surface area contributed by atoms with Crippen molar-refractivity contribution in [2.75, 3.05) is 9.80 Å². The molecule has 9 aromatic carbocycles. The lowest BCUT2D eigenvalue weighted by Gasteiger charge is -2.48.